The number of sulfonamides is 1. The molecule has 1 aromatic carbocycles. The number of nitrogens with zero attached hydrogens (tertiary/aromatic N) is 5. The fourth-order valence-electron chi connectivity index (χ4n) is 2.64. The van der Waals surface area contributed by atoms with Gasteiger partial charge in [-0.25, -0.2) is 23.6 Å². The van der Waals surface area contributed by atoms with Crippen molar-refractivity contribution in [1.82, 2.24) is 30.0 Å². The smallest absolute Gasteiger partial charge is 0.238 e. The van der Waals surface area contributed by atoms with E-state index in [1.54, 1.807) is 41.1 Å². The second kappa shape index (κ2) is 5.62. The van der Waals surface area contributed by atoms with Crippen molar-refractivity contribution >= 4 is 27.3 Å². The molecule has 11 heteroatoms. The lowest BCUT2D eigenvalue weighted by Gasteiger charge is -2.11. The van der Waals surface area contributed by atoms with Gasteiger partial charge < -0.3 is 0 Å². The number of tetrazole rings is 1. The molecule has 0 atom stereocenters. The van der Waals surface area contributed by atoms with E-state index >= 15 is 0 Å². The number of aromatic amines is 1. The van der Waals surface area contributed by atoms with Crippen LogP contribution in [0.3, 0.4) is 0 Å². The van der Waals surface area contributed by atoms with E-state index in [0.29, 0.717) is 21.9 Å². The summed E-state index contributed by atoms with van der Waals surface area (Å²) in [4.78, 5) is 4.22. The van der Waals surface area contributed by atoms with Crippen molar-refractivity contribution in [2.45, 2.75) is 4.90 Å². The Kier molecular flexibility index (Phi) is 3.53. The molecule has 3 heterocycles. The molecule has 0 bridgehead atoms. The van der Waals surface area contributed by atoms with Crippen molar-refractivity contribution in [3.8, 4) is 22.6 Å². The number of hydrogen-bond acceptors (Lipinski definition) is 6. The van der Waals surface area contributed by atoms with E-state index in [9.17, 15) is 8.42 Å². The Morgan fingerprint density at radius 2 is 2.04 bits per heavy atom. The van der Waals surface area contributed by atoms with Gasteiger partial charge in [0.15, 0.2) is 5.82 Å². The predicted octanol–water partition coefficient (Wildman–Crippen LogP) is 1.48. The van der Waals surface area contributed by atoms with Crippen LogP contribution < -0.4 is 5.14 Å². The number of aromatic nitrogens is 6. The van der Waals surface area contributed by atoms with Crippen LogP contribution in [0.1, 0.15) is 0 Å². The van der Waals surface area contributed by atoms with Crippen LogP contribution >= 0.6 is 11.6 Å². The van der Waals surface area contributed by atoms with Gasteiger partial charge in [0.2, 0.25) is 10.0 Å². The van der Waals surface area contributed by atoms with Gasteiger partial charge in [0.05, 0.1) is 27.4 Å². The van der Waals surface area contributed by atoms with Crippen LogP contribution in [0.15, 0.2) is 47.6 Å². The molecular weight excluding hydrogens is 366 g/mol. The summed E-state index contributed by atoms with van der Waals surface area (Å²) in [6.07, 6.45) is 3.30. The van der Waals surface area contributed by atoms with Crippen molar-refractivity contribution in [3.05, 3.63) is 47.7 Å². The Morgan fingerprint density at radius 3 is 2.76 bits per heavy atom. The Hall–Kier alpha value is -2.82. The molecule has 0 radical (unpaired) electrons. The van der Waals surface area contributed by atoms with Crippen molar-refractivity contribution in [3.63, 3.8) is 0 Å². The van der Waals surface area contributed by atoms with Gasteiger partial charge in [-0.15, -0.1) is 5.10 Å². The zero-order chi connectivity index (χ0) is 17.6. The molecule has 4 aromatic rings. The van der Waals surface area contributed by atoms with Crippen LogP contribution in [0.4, 0.5) is 0 Å². The van der Waals surface area contributed by atoms with Crippen molar-refractivity contribution in [2.75, 3.05) is 0 Å². The number of primary sulfonamides is 1. The topological polar surface area (TPSA) is 132 Å². The first-order chi connectivity index (χ1) is 11.9. The third-order valence-corrected chi connectivity index (χ3v) is 4.84. The lowest BCUT2D eigenvalue weighted by atomic mass is 10.0. The summed E-state index contributed by atoms with van der Waals surface area (Å²) in [5.74, 6) is 0.177. The molecule has 0 unspecified atom stereocenters. The average molecular weight is 376 g/mol. The zero-order valence-corrected chi connectivity index (χ0v) is 14.0. The fourth-order valence-corrected chi connectivity index (χ4v) is 3.56. The Bertz CT molecular complexity index is 1190. The predicted molar refractivity (Wildman–Crippen MR) is 90.2 cm³/mol. The molecule has 0 saturated carbocycles. The molecule has 126 valence electrons. The standard InChI is InChI=1S/C14H10ClN7O2S/c15-8-4-5-12-17-6-10(22(12)7-8)9-2-1-3-11(25(16,23)24)13(9)14-18-20-21-19-14/h1-7H,(H2,16,23,24)(H,18,19,20,21). The van der Waals surface area contributed by atoms with Crippen LogP contribution in [0.25, 0.3) is 28.3 Å². The third kappa shape index (κ3) is 2.65. The summed E-state index contributed by atoms with van der Waals surface area (Å²) in [5.41, 5.74) is 2.08. The highest BCUT2D eigenvalue weighted by Gasteiger charge is 2.23. The van der Waals surface area contributed by atoms with Gasteiger partial charge in [0.25, 0.3) is 0 Å². The molecule has 3 N–H and O–H groups in total. The number of fused-ring (bicyclic) bond motifs is 1. The van der Waals surface area contributed by atoms with E-state index < -0.39 is 10.0 Å². The maximum atomic E-state index is 12.0. The van der Waals surface area contributed by atoms with Gasteiger partial charge in [-0.05, 0) is 28.6 Å². The molecular formula is C14H10ClN7O2S. The first-order valence-electron chi connectivity index (χ1n) is 6.98. The highest BCUT2D eigenvalue weighted by atomic mass is 35.5. The molecule has 0 fully saturated rings. The molecule has 25 heavy (non-hydrogen) atoms. The second-order valence-electron chi connectivity index (χ2n) is 5.19. The first-order valence-corrected chi connectivity index (χ1v) is 8.90. The molecule has 0 aliphatic carbocycles. The molecule has 0 aliphatic heterocycles. The van der Waals surface area contributed by atoms with Crippen LogP contribution in [0.5, 0.6) is 0 Å². The zero-order valence-electron chi connectivity index (χ0n) is 12.5. The molecule has 0 spiro atoms. The Balaban J connectivity index is 2.10. The summed E-state index contributed by atoms with van der Waals surface area (Å²) in [7, 11) is -4.01. The largest absolute Gasteiger partial charge is 0.298 e. The van der Waals surface area contributed by atoms with Crippen molar-refractivity contribution in [2.24, 2.45) is 5.14 Å². The summed E-state index contributed by atoms with van der Waals surface area (Å²) >= 11 is 6.08. The van der Waals surface area contributed by atoms with E-state index in [0.717, 1.165) is 0 Å². The second-order valence-corrected chi connectivity index (χ2v) is 7.16. The van der Waals surface area contributed by atoms with Crippen LogP contribution in [-0.2, 0) is 10.0 Å². The highest BCUT2D eigenvalue weighted by Crippen LogP contribution is 2.35. The van der Waals surface area contributed by atoms with Crippen LogP contribution in [0, 0.1) is 0 Å². The van der Waals surface area contributed by atoms with E-state index in [1.165, 1.54) is 6.07 Å². The molecule has 9 nitrogen and oxygen atoms in total. The van der Waals surface area contributed by atoms with E-state index in [2.05, 4.69) is 25.6 Å². The normalized spacial score (nSPS) is 11.9. The third-order valence-electron chi connectivity index (χ3n) is 3.66. The molecule has 3 aromatic heterocycles. The number of benzene rings is 1. The number of nitrogens with one attached hydrogen (secondary N) is 1. The number of halogens is 1. The van der Waals surface area contributed by atoms with Gasteiger partial charge in [-0.3, -0.25) is 4.40 Å². The fraction of sp³-hybridized carbons (Fsp3) is 0. The number of pyridine rings is 1. The SMILES string of the molecule is NS(=O)(=O)c1cccc(-c2cnc3ccc(Cl)cn23)c1-c1nnn[nH]1. The summed E-state index contributed by atoms with van der Waals surface area (Å²) in [5, 5.41) is 19.3. The molecule has 0 amide bonds. The Labute approximate surface area is 146 Å². The van der Waals surface area contributed by atoms with Gasteiger partial charge in [-0.1, -0.05) is 23.7 Å². The minimum Gasteiger partial charge on any atom is -0.298 e. The van der Waals surface area contributed by atoms with Gasteiger partial charge in [-0.2, -0.15) is 0 Å². The number of H-pyrrole nitrogens is 1. The number of nitrogens with two attached hydrogens (primary N) is 1. The average Bonchev–Trinajstić information content (AvgIpc) is 3.22. The maximum Gasteiger partial charge on any atom is 0.238 e. The summed E-state index contributed by atoms with van der Waals surface area (Å²) < 4.78 is 25.8. The van der Waals surface area contributed by atoms with Crippen molar-refractivity contribution in [1.29, 1.82) is 0 Å². The Morgan fingerprint density at radius 1 is 1.20 bits per heavy atom. The minimum atomic E-state index is -4.01. The minimum absolute atomic E-state index is 0.0967. The van der Waals surface area contributed by atoms with Crippen molar-refractivity contribution < 1.29 is 8.42 Å². The molecule has 4 rings (SSSR count). The lowest BCUT2D eigenvalue weighted by Crippen LogP contribution is -2.14. The number of hydrogen-bond donors (Lipinski definition) is 2. The first kappa shape index (κ1) is 15.7. The maximum absolute atomic E-state index is 12.0. The van der Waals surface area contributed by atoms with E-state index in [-0.39, 0.29) is 16.3 Å². The summed E-state index contributed by atoms with van der Waals surface area (Å²) in [6, 6.07) is 8.19. The van der Waals surface area contributed by atoms with Gasteiger partial charge in [0.1, 0.15) is 5.65 Å². The molecule has 0 aliphatic rings. The number of rotatable bonds is 3. The van der Waals surface area contributed by atoms with Crippen LogP contribution in [0.2, 0.25) is 5.02 Å². The quantitative estimate of drug-likeness (QED) is 0.557. The van der Waals surface area contributed by atoms with E-state index in [1.807, 2.05) is 0 Å². The lowest BCUT2D eigenvalue weighted by molar-refractivity contribution is 0.598. The summed E-state index contributed by atoms with van der Waals surface area (Å²) in [6.45, 7) is 0. The van der Waals surface area contributed by atoms with Gasteiger partial charge >= 0.3 is 0 Å². The number of imidazole rings is 1. The highest BCUT2D eigenvalue weighted by molar-refractivity contribution is 7.89. The van der Waals surface area contributed by atoms with Gasteiger partial charge in [0, 0.05) is 11.8 Å². The van der Waals surface area contributed by atoms with E-state index in [4.69, 9.17) is 16.7 Å². The van der Waals surface area contributed by atoms with Crippen LogP contribution in [-0.4, -0.2) is 38.4 Å². The molecule has 0 saturated heterocycles. The monoisotopic (exact) mass is 375 g/mol.